The summed E-state index contributed by atoms with van der Waals surface area (Å²) in [4.78, 5) is 27.7. The fraction of sp³-hybridized carbons (Fsp3) is 0.600. The Morgan fingerprint density at radius 3 is 2.45 bits per heavy atom. The summed E-state index contributed by atoms with van der Waals surface area (Å²) in [6, 6.07) is 1.67. The second-order valence-electron chi connectivity index (χ2n) is 5.14. The van der Waals surface area contributed by atoms with E-state index in [1.807, 2.05) is 4.90 Å². The van der Waals surface area contributed by atoms with Gasteiger partial charge in [-0.2, -0.15) is 0 Å². The zero-order chi connectivity index (χ0) is 14.4. The maximum absolute atomic E-state index is 12.1. The van der Waals surface area contributed by atoms with E-state index in [2.05, 4.69) is 6.92 Å². The average molecular weight is 278 g/mol. The Morgan fingerprint density at radius 2 is 1.85 bits per heavy atom. The summed E-state index contributed by atoms with van der Waals surface area (Å²) in [5.74, 6) is 0.200. The van der Waals surface area contributed by atoms with E-state index in [0.29, 0.717) is 38.2 Å². The van der Waals surface area contributed by atoms with E-state index < -0.39 is 0 Å². The number of rotatable bonds is 5. The van der Waals surface area contributed by atoms with Crippen molar-refractivity contribution in [3.8, 4) is 0 Å². The lowest BCUT2D eigenvalue weighted by Crippen LogP contribution is -2.50. The van der Waals surface area contributed by atoms with Gasteiger partial charge in [0.05, 0.1) is 11.8 Å². The molecular weight excluding hydrogens is 256 g/mol. The Labute approximate surface area is 119 Å². The van der Waals surface area contributed by atoms with Crippen LogP contribution in [0.25, 0.3) is 0 Å². The minimum Gasteiger partial charge on any atom is -0.472 e. The van der Waals surface area contributed by atoms with E-state index in [1.165, 1.54) is 12.5 Å². The number of hydrogen-bond acceptors (Lipinski definition) is 3. The second kappa shape index (κ2) is 7.12. The molecule has 0 saturated carbocycles. The summed E-state index contributed by atoms with van der Waals surface area (Å²) in [7, 11) is 0. The molecular formula is C15H22N2O3. The fourth-order valence-corrected chi connectivity index (χ4v) is 2.41. The van der Waals surface area contributed by atoms with Crippen LogP contribution < -0.4 is 0 Å². The third-order valence-electron chi connectivity index (χ3n) is 3.68. The highest BCUT2D eigenvalue weighted by atomic mass is 16.3. The van der Waals surface area contributed by atoms with Crippen molar-refractivity contribution in [1.29, 1.82) is 0 Å². The molecule has 0 N–H and O–H groups in total. The smallest absolute Gasteiger partial charge is 0.257 e. The maximum atomic E-state index is 12.1. The van der Waals surface area contributed by atoms with Gasteiger partial charge in [0.1, 0.15) is 6.26 Å². The molecule has 1 aromatic heterocycles. The summed E-state index contributed by atoms with van der Waals surface area (Å²) >= 11 is 0. The molecule has 1 aromatic rings. The van der Waals surface area contributed by atoms with Crippen molar-refractivity contribution < 1.29 is 14.0 Å². The lowest BCUT2D eigenvalue weighted by atomic mass is 10.1. The minimum absolute atomic E-state index is 0.0168. The predicted molar refractivity (Wildman–Crippen MR) is 75.3 cm³/mol. The first kappa shape index (κ1) is 14.6. The number of unbranched alkanes of at least 4 members (excludes halogenated alkanes) is 2. The van der Waals surface area contributed by atoms with Gasteiger partial charge < -0.3 is 14.2 Å². The van der Waals surface area contributed by atoms with Gasteiger partial charge in [-0.25, -0.2) is 0 Å². The highest BCUT2D eigenvalue weighted by Gasteiger charge is 2.24. The third-order valence-corrected chi connectivity index (χ3v) is 3.68. The zero-order valence-corrected chi connectivity index (χ0v) is 12.0. The van der Waals surface area contributed by atoms with Gasteiger partial charge in [0, 0.05) is 32.6 Å². The van der Waals surface area contributed by atoms with Crippen LogP contribution in [0.5, 0.6) is 0 Å². The summed E-state index contributed by atoms with van der Waals surface area (Å²) in [6.45, 7) is 4.60. The van der Waals surface area contributed by atoms with Crippen molar-refractivity contribution in [2.24, 2.45) is 0 Å². The van der Waals surface area contributed by atoms with Gasteiger partial charge >= 0.3 is 0 Å². The summed E-state index contributed by atoms with van der Waals surface area (Å²) in [5.41, 5.74) is 0.577. The molecule has 2 heterocycles. The molecule has 1 aliphatic heterocycles. The van der Waals surface area contributed by atoms with Crippen LogP contribution in [0, 0.1) is 0 Å². The molecule has 20 heavy (non-hydrogen) atoms. The van der Waals surface area contributed by atoms with Crippen LogP contribution in [0.3, 0.4) is 0 Å². The average Bonchev–Trinajstić information content (AvgIpc) is 3.01. The molecule has 2 rings (SSSR count). The molecule has 0 bridgehead atoms. The second-order valence-corrected chi connectivity index (χ2v) is 5.14. The molecule has 1 saturated heterocycles. The van der Waals surface area contributed by atoms with Crippen molar-refractivity contribution in [2.75, 3.05) is 26.2 Å². The number of amides is 2. The third kappa shape index (κ3) is 3.62. The molecule has 5 heteroatoms. The zero-order valence-electron chi connectivity index (χ0n) is 12.0. The lowest BCUT2D eigenvalue weighted by molar-refractivity contribution is -0.132. The van der Waals surface area contributed by atoms with E-state index in [4.69, 9.17) is 4.42 Å². The normalized spacial score (nSPS) is 15.4. The molecule has 1 fully saturated rings. The standard InChI is InChI=1S/C15H22N2O3/c1-2-3-4-5-14(18)16-7-9-17(10-8-16)15(19)13-6-11-20-12-13/h6,11-12H,2-5,7-10H2,1H3. The highest BCUT2D eigenvalue weighted by Crippen LogP contribution is 2.11. The summed E-state index contributed by atoms with van der Waals surface area (Å²) < 4.78 is 4.93. The number of piperazine rings is 1. The summed E-state index contributed by atoms with van der Waals surface area (Å²) in [5, 5.41) is 0. The van der Waals surface area contributed by atoms with Crippen molar-refractivity contribution in [3.05, 3.63) is 24.2 Å². The molecule has 110 valence electrons. The molecule has 2 amide bonds. The monoisotopic (exact) mass is 278 g/mol. The van der Waals surface area contributed by atoms with E-state index in [-0.39, 0.29) is 11.8 Å². The molecule has 0 unspecified atom stereocenters. The molecule has 5 nitrogen and oxygen atoms in total. The van der Waals surface area contributed by atoms with E-state index in [9.17, 15) is 9.59 Å². The van der Waals surface area contributed by atoms with Crippen molar-refractivity contribution in [2.45, 2.75) is 32.6 Å². The number of hydrogen-bond donors (Lipinski definition) is 0. The van der Waals surface area contributed by atoms with Crippen LogP contribution in [0.2, 0.25) is 0 Å². The van der Waals surface area contributed by atoms with Gasteiger partial charge in [-0.3, -0.25) is 9.59 Å². The van der Waals surface area contributed by atoms with Gasteiger partial charge in [-0.1, -0.05) is 19.8 Å². The SMILES string of the molecule is CCCCCC(=O)N1CCN(C(=O)c2ccoc2)CC1. The van der Waals surface area contributed by atoms with Crippen LogP contribution in [-0.4, -0.2) is 47.8 Å². The van der Waals surface area contributed by atoms with E-state index >= 15 is 0 Å². The first-order valence-corrected chi connectivity index (χ1v) is 7.31. The van der Waals surface area contributed by atoms with Crippen LogP contribution in [-0.2, 0) is 4.79 Å². The van der Waals surface area contributed by atoms with Crippen LogP contribution >= 0.6 is 0 Å². The Kier molecular flexibility index (Phi) is 5.21. The Hall–Kier alpha value is -1.78. The molecule has 0 spiro atoms. The minimum atomic E-state index is -0.0168. The van der Waals surface area contributed by atoms with Gasteiger partial charge in [0.2, 0.25) is 5.91 Å². The Bertz CT molecular complexity index is 434. The molecule has 0 aromatic carbocycles. The Morgan fingerprint density at radius 1 is 1.15 bits per heavy atom. The largest absolute Gasteiger partial charge is 0.472 e. The van der Waals surface area contributed by atoms with E-state index in [0.717, 1.165) is 19.3 Å². The van der Waals surface area contributed by atoms with Crippen molar-refractivity contribution >= 4 is 11.8 Å². The predicted octanol–water partition coefficient (Wildman–Crippen LogP) is 2.14. The van der Waals surface area contributed by atoms with Crippen molar-refractivity contribution in [3.63, 3.8) is 0 Å². The Balaban J connectivity index is 1.77. The highest BCUT2D eigenvalue weighted by molar-refractivity contribution is 5.94. The first-order chi connectivity index (χ1) is 9.72. The number of furan rings is 1. The van der Waals surface area contributed by atoms with Crippen LogP contribution in [0.1, 0.15) is 43.0 Å². The quantitative estimate of drug-likeness (QED) is 0.775. The van der Waals surface area contributed by atoms with Gasteiger partial charge in [0.25, 0.3) is 5.91 Å². The number of carbonyl (C=O) groups excluding carboxylic acids is 2. The first-order valence-electron chi connectivity index (χ1n) is 7.31. The van der Waals surface area contributed by atoms with Gasteiger partial charge in [0.15, 0.2) is 0 Å². The van der Waals surface area contributed by atoms with Crippen molar-refractivity contribution in [1.82, 2.24) is 9.80 Å². The van der Waals surface area contributed by atoms with Crippen LogP contribution in [0.15, 0.2) is 23.0 Å². The van der Waals surface area contributed by atoms with Gasteiger partial charge in [-0.05, 0) is 12.5 Å². The van der Waals surface area contributed by atoms with E-state index in [1.54, 1.807) is 11.0 Å². The molecule has 0 radical (unpaired) electrons. The van der Waals surface area contributed by atoms with Gasteiger partial charge in [-0.15, -0.1) is 0 Å². The topological polar surface area (TPSA) is 53.8 Å². The fourth-order valence-electron chi connectivity index (χ4n) is 2.41. The van der Waals surface area contributed by atoms with Crippen LogP contribution in [0.4, 0.5) is 0 Å². The maximum Gasteiger partial charge on any atom is 0.257 e. The molecule has 0 atom stereocenters. The molecule has 0 aliphatic carbocycles. The lowest BCUT2D eigenvalue weighted by Gasteiger charge is -2.34. The number of carbonyl (C=O) groups is 2. The molecule has 1 aliphatic rings. The number of nitrogens with zero attached hydrogens (tertiary/aromatic N) is 2. The summed E-state index contributed by atoms with van der Waals surface area (Å²) in [6.07, 6.45) is 6.78.